The molecule has 0 amide bonds. The summed E-state index contributed by atoms with van der Waals surface area (Å²) in [4.78, 5) is 24.9. The van der Waals surface area contributed by atoms with Crippen LogP contribution >= 0.6 is 0 Å². The lowest BCUT2D eigenvalue weighted by molar-refractivity contribution is -0.214. The summed E-state index contributed by atoms with van der Waals surface area (Å²) in [7, 11) is 0. The molecular weight excluding hydrogens is 364 g/mol. The van der Waals surface area contributed by atoms with E-state index in [2.05, 4.69) is 26.0 Å². The molecule has 0 heterocycles. The Kier molecular flexibility index (Phi) is 4.70. The van der Waals surface area contributed by atoms with Crippen LogP contribution in [-0.4, -0.2) is 29.6 Å². The minimum Gasteiger partial charge on any atom is -0.457 e. The molecule has 0 aromatic heterocycles. The first kappa shape index (κ1) is 20.8. The fourth-order valence-electron chi connectivity index (χ4n) is 7.75. The van der Waals surface area contributed by atoms with E-state index in [-0.39, 0.29) is 34.2 Å². The van der Waals surface area contributed by atoms with E-state index in [4.69, 9.17) is 4.74 Å². The monoisotopic (exact) mass is 400 g/mol. The van der Waals surface area contributed by atoms with Gasteiger partial charge in [-0.15, -0.1) is 0 Å². The second-order valence-electron chi connectivity index (χ2n) is 10.9. The number of aliphatic hydroxyl groups is 1. The van der Waals surface area contributed by atoms with Crippen LogP contribution in [0.25, 0.3) is 0 Å². The van der Waals surface area contributed by atoms with Crippen LogP contribution in [0.1, 0.15) is 73.1 Å². The molecule has 0 saturated heterocycles. The maximum Gasteiger partial charge on any atom is 0.333 e. The zero-order valence-electron chi connectivity index (χ0n) is 18.5. The van der Waals surface area contributed by atoms with Gasteiger partial charge in [0, 0.05) is 16.4 Å². The van der Waals surface area contributed by atoms with E-state index in [1.807, 2.05) is 26.8 Å². The quantitative estimate of drug-likeness (QED) is 0.325. The summed E-state index contributed by atoms with van der Waals surface area (Å²) in [6.07, 6.45) is 12.2. The smallest absolute Gasteiger partial charge is 0.333 e. The third kappa shape index (κ3) is 2.60. The number of fused-ring (bicyclic) bond motifs is 3. The van der Waals surface area contributed by atoms with Gasteiger partial charge in [-0.25, -0.2) is 4.79 Å². The van der Waals surface area contributed by atoms with Gasteiger partial charge in [0.2, 0.25) is 0 Å². The van der Waals surface area contributed by atoms with Gasteiger partial charge in [-0.2, -0.15) is 0 Å². The number of allylic oxidation sites excluding steroid dienone is 1. The highest BCUT2D eigenvalue weighted by Gasteiger charge is 2.69. The predicted molar refractivity (Wildman–Crippen MR) is 112 cm³/mol. The number of esters is 1. The summed E-state index contributed by atoms with van der Waals surface area (Å²) < 4.78 is 6.23. The summed E-state index contributed by atoms with van der Waals surface area (Å²) in [5, 5.41) is 10.7. The predicted octanol–water partition coefficient (Wildman–Crippen LogP) is 4.61. The highest BCUT2D eigenvalue weighted by molar-refractivity contribution is 5.87. The third-order valence-corrected chi connectivity index (χ3v) is 9.60. The summed E-state index contributed by atoms with van der Waals surface area (Å²) >= 11 is 0. The normalized spacial score (nSPS) is 51.2. The van der Waals surface area contributed by atoms with Crippen LogP contribution in [0.3, 0.4) is 0 Å². The SMILES string of the molecule is C/C=C(\C)C(=O)O[C@@H]1[C@]23C=C[C@@]1(C)CC[C@H]2[C@]1(C)CC[C@@H](O)[C@@](C)(C=O)[C@H]1CC3. The van der Waals surface area contributed by atoms with E-state index >= 15 is 0 Å². The molecule has 1 N–H and O–H groups in total. The van der Waals surface area contributed by atoms with Crippen molar-refractivity contribution in [2.45, 2.75) is 85.4 Å². The Morgan fingerprint density at radius 2 is 1.76 bits per heavy atom. The zero-order valence-corrected chi connectivity index (χ0v) is 18.5. The standard InChI is InChI=1S/C25H36O4/c1-6-16(2)20(28)29-21-22(3)10-7-18-23(4)11-9-19(27)24(5,15-26)17(23)8-12-25(18,21)14-13-22/h6,13-15,17-19,21,27H,7-12H2,1-5H3/b16-6+/t17-,18-,19+,21-,22+,23+,24-,25+/m0/s1. The maximum absolute atomic E-state index is 12.7. The average molecular weight is 401 g/mol. The minimum atomic E-state index is -0.689. The number of hydrogen-bond acceptors (Lipinski definition) is 4. The molecule has 8 atom stereocenters. The topological polar surface area (TPSA) is 63.6 Å². The lowest BCUT2D eigenvalue weighted by Crippen LogP contribution is -2.64. The molecule has 4 heteroatoms. The lowest BCUT2D eigenvalue weighted by atomic mass is 9.39. The van der Waals surface area contributed by atoms with Gasteiger partial charge >= 0.3 is 5.97 Å². The molecule has 1 spiro atoms. The summed E-state index contributed by atoms with van der Waals surface area (Å²) in [6, 6.07) is 0. The molecule has 0 unspecified atom stereocenters. The van der Waals surface area contributed by atoms with Crippen LogP contribution in [0.5, 0.6) is 0 Å². The largest absolute Gasteiger partial charge is 0.457 e. The first-order valence-corrected chi connectivity index (χ1v) is 11.3. The lowest BCUT2D eigenvalue weighted by Gasteiger charge is -2.65. The maximum atomic E-state index is 12.7. The van der Waals surface area contributed by atoms with Crippen molar-refractivity contribution in [2.24, 2.45) is 33.5 Å². The van der Waals surface area contributed by atoms with Gasteiger partial charge < -0.3 is 14.6 Å². The molecule has 0 radical (unpaired) electrons. The number of hydrogen-bond donors (Lipinski definition) is 1. The molecule has 4 aliphatic carbocycles. The van der Waals surface area contributed by atoms with Crippen LogP contribution < -0.4 is 0 Å². The average Bonchev–Trinajstić information content (AvgIpc) is 2.86. The van der Waals surface area contributed by atoms with Gasteiger partial charge in [0.05, 0.1) is 11.5 Å². The Morgan fingerprint density at radius 1 is 1.07 bits per heavy atom. The van der Waals surface area contributed by atoms with E-state index < -0.39 is 11.5 Å². The van der Waals surface area contributed by atoms with Crippen LogP contribution in [0.2, 0.25) is 0 Å². The van der Waals surface area contributed by atoms with Gasteiger partial charge in [-0.3, -0.25) is 0 Å². The molecule has 3 fully saturated rings. The van der Waals surface area contributed by atoms with Crippen molar-refractivity contribution in [3.8, 4) is 0 Å². The van der Waals surface area contributed by atoms with Crippen LogP contribution in [0.4, 0.5) is 0 Å². The first-order chi connectivity index (χ1) is 13.6. The fourth-order valence-corrected chi connectivity index (χ4v) is 7.75. The second kappa shape index (κ2) is 6.54. The summed E-state index contributed by atoms with van der Waals surface area (Å²) in [6.45, 7) is 10.2. The van der Waals surface area contributed by atoms with Crippen molar-refractivity contribution in [1.82, 2.24) is 0 Å². The Hall–Kier alpha value is -1.42. The fraction of sp³-hybridized carbons (Fsp3) is 0.760. The molecule has 2 bridgehead atoms. The second-order valence-corrected chi connectivity index (χ2v) is 10.9. The third-order valence-electron chi connectivity index (χ3n) is 9.60. The molecule has 4 nitrogen and oxygen atoms in total. The van der Waals surface area contributed by atoms with Crippen LogP contribution in [-0.2, 0) is 14.3 Å². The molecule has 4 aliphatic rings. The molecule has 0 aromatic rings. The minimum absolute atomic E-state index is 0.0382. The number of carbonyl (C=O) groups excluding carboxylic acids is 2. The summed E-state index contributed by atoms with van der Waals surface area (Å²) in [5.74, 6) is 0.312. The van der Waals surface area contributed by atoms with Crippen molar-refractivity contribution < 1.29 is 19.4 Å². The van der Waals surface area contributed by atoms with Gasteiger partial charge in [-0.05, 0) is 69.6 Å². The van der Waals surface area contributed by atoms with E-state index in [1.54, 1.807) is 0 Å². The number of rotatable bonds is 3. The number of carbonyl (C=O) groups is 2. The van der Waals surface area contributed by atoms with Crippen molar-refractivity contribution in [3.05, 3.63) is 23.8 Å². The molecular formula is C25H36O4. The Morgan fingerprint density at radius 3 is 2.41 bits per heavy atom. The number of ether oxygens (including phenoxy) is 1. The Balaban J connectivity index is 1.74. The molecule has 3 saturated carbocycles. The molecule has 0 aromatic carbocycles. The number of aliphatic hydroxyl groups excluding tert-OH is 1. The van der Waals surface area contributed by atoms with E-state index in [9.17, 15) is 14.7 Å². The van der Waals surface area contributed by atoms with Gasteiger partial charge in [0.25, 0.3) is 0 Å². The molecule has 29 heavy (non-hydrogen) atoms. The van der Waals surface area contributed by atoms with E-state index in [1.165, 1.54) is 0 Å². The van der Waals surface area contributed by atoms with Gasteiger partial charge in [0.1, 0.15) is 12.4 Å². The molecule has 160 valence electrons. The van der Waals surface area contributed by atoms with Gasteiger partial charge in [-0.1, -0.05) is 39.0 Å². The summed E-state index contributed by atoms with van der Waals surface area (Å²) in [5.41, 5.74) is -0.352. The Labute approximate surface area is 174 Å². The van der Waals surface area contributed by atoms with Crippen molar-refractivity contribution >= 4 is 12.3 Å². The molecule has 0 aliphatic heterocycles. The molecule has 4 rings (SSSR count). The van der Waals surface area contributed by atoms with E-state index in [0.29, 0.717) is 17.9 Å². The first-order valence-electron chi connectivity index (χ1n) is 11.3. The van der Waals surface area contributed by atoms with Crippen molar-refractivity contribution in [3.63, 3.8) is 0 Å². The number of aldehydes is 1. The van der Waals surface area contributed by atoms with Crippen molar-refractivity contribution in [1.29, 1.82) is 0 Å². The van der Waals surface area contributed by atoms with E-state index in [0.717, 1.165) is 38.4 Å². The highest BCUT2D eigenvalue weighted by Crippen LogP contribution is 2.72. The highest BCUT2D eigenvalue weighted by atomic mass is 16.5. The Bertz CT molecular complexity index is 784. The zero-order chi connectivity index (χ0) is 21.2. The van der Waals surface area contributed by atoms with Crippen molar-refractivity contribution in [2.75, 3.05) is 0 Å². The van der Waals surface area contributed by atoms with Gasteiger partial charge in [0.15, 0.2) is 0 Å². The van der Waals surface area contributed by atoms with Crippen LogP contribution in [0, 0.1) is 33.5 Å². The van der Waals surface area contributed by atoms with Crippen LogP contribution in [0.15, 0.2) is 23.8 Å².